The molecule has 162 valence electrons. The summed E-state index contributed by atoms with van der Waals surface area (Å²) in [6, 6.07) is 6.46. The maximum Gasteiger partial charge on any atom is 0.234 e. The van der Waals surface area contributed by atoms with Gasteiger partial charge >= 0.3 is 0 Å². The number of carbonyl (C=O) groups is 1. The lowest BCUT2D eigenvalue weighted by molar-refractivity contribution is -0.119. The maximum absolute atomic E-state index is 12.3. The largest absolute Gasteiger partial charge is 0.409 e. The smallest absolute Gasteiger partial charge is 0.234 e. The van der Waals surface area contributed by atoms with Gasteiger partial charge in [-0.05, 0) is 68.9 Å². The molecule has 1 fully saturated rings. The lowest BCUT2D eigenvalue weighted by atomic mass is 9.85. The van der Waals surface area contributed by atoms with E-state index in [0.29, 0.717) is 0 Å². The Balaban J connectivity index is 1.59. The van der Waals surface area contributed by atoms with Crippen molar-refractivity contribution in [2.75, 3.05) is 5.32 Å². The molecule has 1 saturated carbocycles. The van der Waals surface area contributed by atoms with E-state index >= 15 is 0 Å². The van der Waals surface area contributed by atoms with Gasteiger partial charge in [0, 0.05) is 11.9 Å². The topological polar surface area (TPSA) is 56.1 Å². The molecule has 30 heavy (non-hydrogen) atoms. The van der Waals surface area contributed by atoms with Crippen LogP contribution in [0.4, 0.5) is 5.69 Å². The number of rotatable bonds is 5. The summed E-state index contributed by atoms with van der Waals surface area (Å²) in [5.74, 6) is 0.0704. The third-order valence-electron chi connectivity index (χ3n) is 7.56. The van der Waals surface area contributed by atoms with Gasteiger partial charge in [0.25, 0.3) is 0 Å². The number of anilines is 1. The molecule has 2 aromatic rings. The van der Waals surface area contributed by atoms with E-state index in [1.54, 1.807) is 0 Å². The highest BCUT2D eigenvalue weighted by Crippen LogP contribution is 2.51. The van der Waals surface area contributed by atoms with Gasteiger partial charge in [0.1, 0.15) is 0 Å². The van der Waals surface area contributed by atoms with Crippen molar-refractivity contribution >= 4 is 19.9 Å². The van der Waals surface area contributed by atoms with Crippen molar-refractivity contribution in [3.8, 4) is 0 Å². The van der Waals surface area contributed by atoms with E-state index in [-0.39, 0.29) is 22.6 Å². The number of imidazole rings is 1. The Bertz CT molecular complexity index is 996. The summed E-state index contributed by atoms with van der Waals surface area (Å²) < 4.78 is 8.80. The van der Waals surface area contributed by atoms with Crippen LogP contribution in [0.15, 0.2) is 30.7 Å². The first-order valence-electron chi connectivity index (χ1n) is 11.0. The number of hydrogen-bond acceptors (Lipinski definition) is 3. The zero-order valence-corrected chi connectivity index (χ0v) is 20.6. The summed E-state index contributed by atoms with van der Waals surface area (Å²) in [6.45, 7) is 17.4. The van der Waals surface area contributed by atoms with Crippen molar-refractivity contribution in [3.05, 3.63) is 47.5 Å². The van der Waals surface area contributed by atoms with Gasteiger partial charge in [-0.3, -0.25) is 4.79 Å². The third kappa shape index (κ3) is 3.25. The van der Waals surface area contributed by atoms with Crippen LogP contribution in [0.1, 0.15) is 77.3 Å². The van der Waals surface area contributed by atoms with Gasteiger partial charge in [0.2, 0.25) is 5.91 Å². The molecule has 1 aromatic heterocycles. The minimum absolute atomic E-state index is 0.0250. The van der Waals surface area contributed by atoms with Gasteiger partial charge < -0.3 is 14.3 Å². The molecule has 5 nitrogen and oxygen atoms in total. The van der Waals surface area contributed by atoms with Crippen LogP contribution >= 0.6 is 0 Å². The highest BCUT2D eigenvalue weighted by molar-refractivity contribution is 6.74. The SMILES string of the molecule is CC(O[Si](C)(C)C(C)(C)C)c1cn(C2(c3ccc4c(c3)NC(=O)C4(C)C)CC2)cn1. The number of aromatic nitrogens is 2. The Morgan fingerprint density at radius 3 is 2.50 bits per heavy atom. The summed E-state index contributed by atoms with van der Waals surface area (Å²) in [5, 5.41) is 3.23. The standard InChI is InChI=1S/C24H35N3O2Si/c1-16(29-30(7,8)22(2,3)4)20-14-27(15-25-20)24(11-12-24)17-9-10-18-19(13-17)26-21(28)23(18,5)6/h9-10,13-16H,11-12H2,1-8H3,(H,26,28). The molecule has 1 unspecified atom stereocenters. The van der Waals surface area contributed by atoms with Crippen molar-refractivity contribution < 1.29 is 9.22 Å². The normalized spacial score (nSPS) is 20.6. The van der Waals surface area contributed by atoms with Crippen LogP contribution in [0.5, 0.6) is 0 Å². The summed E-state index contributed by atoms with van der Waals surface area (Å²) in [5.41, 5.74) is 3.72. The van der Waals surface area contributed by atoms with Crippen LogP contribution in [0, 0.1) is 0 Å². The summed E-state index contributed by atoms with van der Waals surface area (Å²) >= 11 is 0. The molecule has 0 saturated heterocycles. The highest BCUT2D eigenvalue weighted by atomic mass is 28.4. The molecule has 0 spiro atoms. The molecule has 1 aromatic carbocycles. The Labute approximate surface area is 181 Å². The Hall–Kier alpha value is -1.92. The minimum Gasteiger partial charge on any atom is -0.409 e. The second kappa shape index (κ2) is 6.54. The van der Waals surface area contributed by atoms with E-state index in [9.17, 15) is 4.79 Å². The zero-order chi connectivity index (χ0) is 22.1. The molecule has 0 bridgehead atoms. The fourth-order valence-electron chi connectivity index (χ4n) is 4.16. The molecule has 2 aliphatic rings. The number of fused-ring (bicyclic) bond motifs is 1. The van der Waals surface area contributed by atoms with Crippen LogP contribution in [0.2, 0.25) is 18.1 Å². The van der Waals surface area contributed by atoms with E-state index < -0.39 is 13.7 Å². The third-order valence-corrected chi connectivity index (χ3v) is 12.1. The molecule has 1 aliphatic carbocycles. The van der Waals surface area contributed by atoms with E-state index in [0.717, 1.165) is 29.8 Å². The fraction of sp³-hybridized carbons (Fsp3) is 0.583. The second-order valence-corrected chi connectivity index (χ2v) is 15.9. The number of benzene rings is 1. The Kier molecular flexibility index (Phi) is 4.64. The summed E-state index contributed by atoms with van der Waals surface area (Å²) in [6.07, 6.45) is 6.24. The fourth-order valence-corrected chi connectivity index (χ4v) is 5.52. The molecule has 2 heterocycles. The van der Waals surface area contributed by atoms with Crippen molar-refractivity contribution in [2.45, 2.75) is 89.6 Å². The van der Waals surface area contributed by atoms with Gasteiger partial charge in [-0.15, -0.1) is 0 Å². The molecular formula is C24H35N3O2Si. The number of nitrogens with zero attached hydrogens (tertiary/aromatic N) is 2. The maximum atomic E-state index is 12.3. The molecule has 6 heteroatoms. The van der Waals surface area contributed by atoms with Crippen LogP contribution in [0.3, 0.4) is 0 Å². The van der Waals surface area contributed by atoms with Crippen LogP contribution in [-0.4, -0.2) is 23.8 Å². The quantitative estimate of drug-likeness (QED) is 0.622. The lowest BCUT2D eigenvalue weighted by Gasteiger charge is -2.38. The van der Waals surface area contributed by atoms with Gasteiger partial charge in [0.05, 0.1) is 29.1 Å². The molecule has 1 atom stereocenters. The first kappa shape index (κ1) is 21.3. The summed E-state index contributed by atoms with van der Waals surface area (Å²) in [7, 11) is -1.86. The van der Waals surface area contributed by atoms with Crippen LogP contribution < -0.4 is 5.32 Å². The first-order chi connectivity index (χ1) is 13.8. The monoisotopic (exact) mass is 425 g/mol. The van der Waals surface area contributed by atoms with Crippen LogP contribution in [0.25, 0.3) is 0 Å². The van der Waals surface area contributed by atoms with Crippen molar-refractivity contribution in [3.63, 3.8) is 0 Å². The molecule has 1 aliphatic heterocycles. The Morgan fingerprint density at radius 1 is 1.23 bits per heavy atom. The molecular weight excluding hydrogens is 390 g/mol. The van der Waals surface area contributed by atoms with Crippen LogP contribution in [-0.2, 0) is 20.2 Å². The van der Waals surface area contributed by atoms with Crippen molar-refractivity contribution in [2.24, 2.45) is 0 Å². The minimum atomic E-state index is -1.86. The van der Waals surface area contributed by atoms with E-state index in [1.165, 1.54) is 5.56 Å². The van der Waals surface area contributed by atoms with E-state index in [4.69, 9.17) is 9.41 Å². The number of carbonyl (C=O) groups excluding carboxylic acids is 1. The van der Waals surface area contributed by atoms with Gasteiger partial charge in [0.15, 0.2) is 8.32 Å². The predicted octanol–water partition coefficient (Wildman–Crippen LogP) is 5.73. The van der Waals surface area contributed by atoms with E-state index in [1.807, 2.05) is 20.2 Å². The predicted molar refractivity (Wildman–Crippen MR) is 123 cm³/mol. The van der Waals surface area contributed by atoms with Crippen molar-refractivity contribution in [1.82, 2.24) is 9.55 Å². The van der Waals surface area contributed by atoms with Gasteiger partial charge in [-0.1, -0.05) is 32.9 Å². The van der Waals surface area contributed by atoms with Gasteiger partial charge in [-0.25, -0.2) is 4.98 Å². The van der Waals surface area contributed by atoms with Gasteiger partial charge in [-0.2, -0.15) is 0 Å². The van der Waals surface area contributed by atoms with E-state index in [2.05, 4.69) is 75.1 Å². The number of hydrogen-bond donors (Lipinski definition) is 1. The lowest BCUT2D eigenvalue weighted by Crippen LogP contribution is -2.41. The average molecular weight is 426 g/mol. The number of amides is 1. The van der Waals surface area contributed by atoms with Crippen molar-refractivity contribution in [1.29, 1.82) is 0 Å². The summed E-state index contributed by atoms with van der Waals surface area (Å²) in [4.78, 5) is 17.0. The first-order valence-corrected chi connectivity index (χ1v) is 13.9. The number of nitrogens with one attached hydrogen (secondary N) is 1. The molecule has 0 radical (unpaired) electrons. The molecule has 1 N–H and O–H groups in total. The molecule has 1 amide bonds. The molecule has 4 rings (SSSR count). The highest BCUT2D eigenvalue weighted by Gasteiger charge is 2.48. The zero-order valence-electron chi connectivity index (χ0n) is 19.6. The Morgan fingerprint density at radius 2 is 1.90 bits per heavy atom. The average Bonchev–Trinajstić information content (AvgIpc) is 3.22. The second-order valence-electron chi connectivity index (χ2n) is 11.1.